The fourth-order valence-electron chi connectivity index (χ4n) is 5.62. The Balaban J connectivity index is 1.19. The van der Waals surface area contributed by atoms with Crippen LogP contribution >= 0.6 is 0 Å². The van der Waals surface area contributed by atoms with Crippen molar-refractivity contribution < 1.29 is 31.1 Å². The van der Waals surface area contributed by atoms with Gasteiger partial charge in [-0.2, -0.15) is 22.0 Å². The summed E-state index contributed by atoms with van der Waals surface area (Å²) in [7, 11) is 0. The molecule has 1 heterocycles. The molecule has 2 aliphatic carbocycles. The number of aromatic nitrogens is 1. The highest BCUT2D eigenvalue weighted by Gasteiger charge is 2.38. The molecule has 0 atom stereocenters. The number of halogens is 6. The predicted octanol–water partition coefficient (Wildman–Crippen LogP) is 10.0. The van der Waals surface area contributed by atoms with Gasteiger partial charge in [-0.05, 0) is 98.8 Å². The highest BCUT2D eigenvalue weighted by molar-refractivity contribution is 5.31. The average Bonchev–Trinajstić information content (AvgIpc) is 2.91. The van der Waals surface area contributed by atoms with Crippen LogP contribution in [0.1, 0.15) is 81.5 Å². The van der Waals surface area contributed by atoms with Crippen molar-refractivity contribution in [1.29, 1.82) is 0 Å². The number of hydrogen-bond donors (Lipinski definition) is 0. The first-order valence-electron chi connectivity index (χ1n) is 14.2. The molecular weight excluding hydrogens is 528 g/mol. The molecule has 1 aromatic heterocycles. The van der Waals surface area contributed by atoms with Crippen LogP contribution in [0.15, 0.2) is 60.8 Å². The molecule has 1 aromatic carbocycles. The van der Waals surface area contributed by atoms with Gasteiger partial charge in [-0.3, -0.25) is 4.98 Å². The summed E-state index contributed by atoms with van der Waals surface area (Å²) >= 11 is 0. The Morgan fingerprint density at radius 2 is 1.50 bits per heavy atom. The van der Waals surface area contributed by atoms with Gasteiger partial charge in [0.2, 0.25) is 0 Å². The molecule has 2 saturated carbocycles. The van der Waals surface area contributed by atoms with Crippen LogP contribution in [0.5, 0.6) is 5.75 Å². The number of alkyl halides is 5. The van der Waals surface area contributed by atoms with E-state index in [1.807, 2.05) is 6.08 Å². The normalized spacial score (nSPS) is 24.6. The van der Waals surface area contributed by atoms with Gasteiger partial charge >= 0.3 is 12.3 Å². The van der Waals surface area contributed by atoms with Crippen LogP contribution in [0.3, 0.4) is 0 Å². The van der Waals surface area contributed by atoms with Crippen molar-refractivity contribution in [3.05, 3.63) is 83.5 Å². The first-order valence-corrected chi connectivity index (χ1v) is 14.2. The van der Waals surface area contributed by atoms with E-state index in [9.17, 15) is 26.3 Å². The molecule has 218 valence electrons. The maximum Gasteiger partial charge on any atom is 0.444 e. The van der Waals surface area contributed by atoms with Gasteiger partial charge in [-0.1, -0.05) is 50.1 Å². The summed E-state index contributed by atoms with van der Waals surface area (Å²) in [5, 5.41) is 0. The van der Waals surface area contributed by atoms with Gasteiger partial charge in [-0.25, -0.2) is 4.39 Å². The molecule has 0 aliphatic heterocycles. The molecule has 0 spiro atoms. The highest BCUT2D eigenvalue weighted by Crippen LogP contribution is 2.36. The summed E-state index contributed by atoms with van der Waals surface area (Å²) in [6.45, 7) is 2.35. The fourth-order valence-corrected chi connectivity index (χ4v) is 5.62. The summed E-state index contributed by atoms with van der Waals surface area (Å²) in [6, 6.07) is 3.91. The Morgan fingerprint density at radius 1 is 0.850 bits per heavy atom. The molecule has 0 unspecified atom stereocenters. The first-order chi connectivity index (χ1) is 19.0. The number of pyridine rings is 1. The van der Waals surface area contributed by atoms with Crippen molar-refractivity contribution in [3.8, 4) is 5.75 Å². The molecule has 0 bridgehead atoms. The topological polar surface area (TPSA) is 22.1 Å². The molecule has 0 radical (unpaired) electrons. The number of nitrogens with zero attached hydrogens (tertiary/aromatic N) is 1. The Kier molecular flexibility index (Phi) is 10.0. The van der Waals surface area contributed by atoms with E-state index in [2.05, 4.69) is 34.9 Å². The van der Waals surface area contributed by atoms with Crippen LogP contribution in [0, 0.1) is 29.5 Å². The standard InChI is InChI=1S/C32H37F6NO/c1-22-6-8-24(9-7-22)14-15-25-12-10-23(11-13-25)4-2-3-5-26-16-19-30(39-21-26)32(37,38)40-27-17-18-28(29(33)20-27)31(34,35)36/h2-3,14-25H,4-13H2,1H3/b3-2-,15-14+. The molecule has 8 heteroatoms. The summed E-state index contributed by atoms with van der Waals surface area (Å²) in [5.74, 6) is 0.596. The lowest BCUT2D eigenvalue weighted by atomic mass is 9.78. The van der Waals surface area contributed by atoms with Crippen LogP contribution in [0.2, 0.25) is 0 Å². The Bertz CT molecular complexity index is 1140. The summed E-state index contributed by atoms with van der Waals surface area (Å²) in [6.07, 6.45) is 13.4. The van der Waals surface area contributed by atoms with Gasteiger partial charge in [-0.15, -0.1) is 0 Å². The number of rotatable bonds is 9. The van der Waals surface area contributed by atoms with E-state index in [-0.39, 0.29) is 6.07 Å². The monoisotopic (exact) mass is 565 g/mol. The van der Waals surface area contributed by atoms with Gasteiger partial charge in [0.25, 0.3) is 0 Å². The minimum Gasteiger partial charge on any atom is -0.428 e. The van der Waals surface area contributed by atoms with E-state index in [4.69, 9.17) is 0 Å². The lowest BCUT2D eigenvalue weighted by Crippen LogP contribution is -2.23. The third-order valence-electron chi connectivity index (χ3n) is 8.21. The number of allylic oxidation sites excluding steroid dienone is 4. The van der Waals surface area contributed by atoms with Gasteiger partial charge in [0.05, 0.1) is 5.56 Å². The van der Waals surface area contributed by atoms with Gasteiger partial charge in [0.15, 0.2) is 5.69 Å². The summed E-state index contributed by atoms with van der Waals surface area (Å²) < 4.78 is 85.2. The average molecular weight is 566 g/mol. The fraction of sp³-hybridized carbons (Fsp3) is 0.531. The van der Waals surface area contributed by atoms with Crippen molar-refractivity contribution in [3.63, 3.8) is 0 Å². The molecule has 2 aliphatic rings. The quantitative estimate of drug-likeness (QED) is 0.223. The van der Waals surface area contributed by atoms with Crippen LogP contribution in [-0.4, -0.2) is 4.98 Å². The van der Waals surface area contributed by atoms with Crippen LogP contribution in [0.25, 0.3) is 0 Å². The van der Waals surface area contributed by atoms with Crippen molar-refractivity contribution in [2.45, 2.75) is 83.4 Å². The zero-order valence-electron chi connectivity index (χ0n) is 22.8. The highest BCUT2D eigenvalue weighted by atomic mass is 19.4. The Hall–Kier alpha value is -2.77. The van der Waals surface area contributed by atoms with Gasteiger partial charge in [0.1, 0.15) is 11.6 Å². The minimum absolute atomic E-state index is 0.289. The molecule has 0 N–H and O–H groups in total. The molecule has 0 amide bonds. The molecule has 2 aromatic rings. The predicted molar refractivity (Wildman–Crippen MR) is 143 cm³/mol. The summed E-state index contributed by atoms with van der Waals surface area (Å²) in [4.78, 5) is 3.77. The zero-order valence-corrected chi connectivity index (χ0v) is 22.8. The smallest absolute Gasteiger partial charge is 0.428 e. The maximum absolute atomic E-state index is 14.5. The number of benzene rings is 1. The Morgan fingerprint density at radius 3 is 2.08 bits per heavy atom. The van der Waals surface area contributed by atoms with E-state index in [0.29, 0.717) is 30.4 Å². The van der Waals surface area contributed by atoms with Crippen molar-refractivity contribution >= 4 is 0 Å². The Labute approximate surface area is 232 Å². The molecular formula is C32H37F6NO. The third-order valence-corrected chi connectivity index (χ3v) is 8.21. The first kappa shape index (κ1) is 30.2. The van der Waals surface area contributed by atoms with Crippen LogP contribution < -0.4 is 4.74 Å². The molecule has 0 saturated heterocycles. The lowest BCUT2D eigenvalue weighted by molar-refractivity contribution is -0.188. The molecule has 4 rings (SSSR count). The van der Waals surface area contributed by atoms with E-state index in [1.54, 1.807) is 0 Å². The van der Waals surface area contributed by atoms with Crippen LogP contribution in [0.4, 0.5) is 26.3 Å². The summed E-state index contributed by atoms with van der Waals surface area (Å²) in [5.41, 5.74) is -1.53. The van der Waals surface area contributed by atoms with Gasteiger partial charge < -0.3 is 4.74 Å². The third kappa shape index (κ3) is 8.61. The van der Waals surface area contributed by atoms with Crippen molar-refractivity contribution in [1.82, 2.24) is 4.98 Å². The van der Waals surface area contributed by atoms with Crippen molar-refractivity contribution in [2.24, 2.45) is 23.7 Å². The van der Waals surface area contributed by atoms with E-state index < -0.39 is 35.1 Å². The van der Waals surface area contributed by atoms with Crippen LogP contribution in [-0.2, 0) is 18.7 Å². The second-order valence-electron chi connectivity index (χ2n) is 11.4. The number of hydrogen-bond acceptors (Lipinski definition) is 2. The lowest BCUT2D eigenvalue weighted by Gasteiger charge is -2.27. The largest absolute Gasteiger partial charge is 0.444 e. The SMILES string of the molecule is CC1CCC(/C=C/C2CCC(C/C=C\Cc3ccc(C(F)(F)Oc4ccc(C(F)(F)F)c(F)c4)nc3)CC2)CC1. The van der Waals surface area contributed by atoms with E-state index >= 15 is 0 Å². The number of ether oxygens (including phenoxy) is 1. The molecule has 2 fully saturated rings. The minimum atomic E-state index is -4.93. The van der Waals surface area contributed by atoms with E-state index in [0.717, 1.165) is 29.9 Å². The van der Waals surface area contributed by atoms with Gasteiger partial charge in [0, 0.05) is 12.3 Å². The second-order valence-corrected chi connectivity index (χ2v) is 11.4. The van der Waals surface area contributed by atoms with Crippen molar-refractivity contribution in [2.75, 3.05) is 0 Å². The van der Waals surface area contributed by atoms with E-state index in [1.165, 1.54) is 63.6 Å². The zero-order chi connectivity index (χ0) is 28.8. The molecule has 40 heavy (non-hydrogen) atoms. The molecule has 2 nitrogen and oxygen atoms in total. The second kappa shape index (κ2) is 13.3. The maximum atomic E-state index is 14.5.